The zero-order valence-corrected chi connectivity index (χ0v) is 26.6. The van der Waals surface area contributed by atoms with Crippen LogP contribution in [0.15, 0.2) is 84.9 Å². The Bertz CT molecular complexity index is 2370. The quantitative estimate of drug-likeness (QED) is 0.164. The van der Waals surface area contributed by atoms with E-state index in [1.54, 1.807) is 0 Å². The van der Waals surface area contributed by atoms with Gasteiger partial charge >= 0.3 is 0 Å². The van der Waals surface area contributed by atoms with Crippen LogP contribution in [0.1, 0.15) is 81.8 Å². The van der Waals surface area contributed by atoms with E-state index < -0.39 is 0 Å². The second-order valence-corrected chi connectivity index (χ2v) is 15.4. The molecule has 0 aliphatic heterocycles. The highest BCUT2D eigenvalue weighted by Crippen LogP contribution is 2.59. The molecule has 0 saturated heterocycles. The Morgan fingerprint density at radius 2 is 1.02 bits per heavy atom. The lowest BCUT2D eigenvalue weighted by atomic mass is 9.78. The van der Waals surface area contributed by atoms with E-state index in [0.717, 1.165) is 0 Å². The van der Waals surface area contributed by atoms with Crippen molar-refractivity contribution in [3.05, 3.63) is 118 Å². The van der Waals surface area contributed by atoms with Gasteiger partial charge in [-0.2, -0.15) is 0 Å². The zero-order chi connectivity index (χ0) is 29.8. The van der Waals surface area contributed by atoms with Gasteiger partial charge < -0.3 is 0 Å². The molecule has 0 nitrogen and oxygen atoms in total. The van der Waals surface area contributed by atoms with Crippen LogP contribution in [-0.4, -0.2) is 0 Å². The zero-order valence-electron chi connectivity index (χ0n) is 26.6. The number of rotatable bonds is 0. The van der Waals surface area contributed by atoms with E-state index in [-0.39, 0.29) is 16.2 Å². The fourth-order valence-corrected chi connectivity index (χ4v) is 8.99. The van der Waals surface area contributed by atoms with Crippen molar-refractivity contribution in [2.75, 3.05) is 0 Å². The molecule has 0 bridgehead atoms. The van der Waals surface area contributed by atoms with Gasteiger partial charge in [0.25, 0.3) is 0 Å². The summed E-state index contributed by atoms with van der Waals surface area (Å²) in [5, 5.41) is 11.1. The molecule has 0 atom stereocenters. The van der Waals surface area contributed by atoms with Gasteiger partial charge in [0.2, 0.25) is 0 Å². The van der Waals surface area contributed by atoms with Gasteiger partial charge in [0, 0.05) is 10.8 Å². The molecule has 0 unspecified atom stereocenters. The highest BCUT2D eigenvalue weighted by atomic mass is 14.5. The van der Waals surface area contributed by atoms with Gasteiger partial charge in [-0.15, -0.1) is 0 Å². The summed E-state index contributed by atoms with van der Waals surface area (Å²) in [7, 11) is 0. The molecular formula is C43H38. The largest absolute Gasteiger partial charge is 0.0616 e. The fourth-order valence-electron chi connectivity index (χ4n) is 8.99. The van der Waals surface area contributed by atoms with Crippen molar-refractivity contribution in [2.24, 2.45) is 0 Å². The Kier molecular flexibility index (Phi) is 4.52. The second-order valence-electron chi connectivity index (χ2n) is 15.4. The molecule has 210 valence electrons. The summed E-state index contributed by atoms with van der Waals surface area (Å²) in [4.78, 5) is 0. The summed E-state index contributed by atoms with van der Waals surface area (Å²) in [6.07, 6.45) is 0. The van der Waals surface area contributed by atoms with Crippen molar-refractivity contribution in [3.63, 3.8) is 0 Å². The Hall–Kier alpha value is -4.16. The summed E-state index contributed by atoms with van der Waals surface area (Å²) >= 11 is 0. The third kappa shape index (κ3) is 2.97. The lowest BCUT2D eigenvalue weighted by molar-refractivity contribution is 0.596. The van der Waals surface area contributed by atoms with Crippen molar-refractivity contribution in [3.8, 4) is 22.3 Å². The van der Waals surface area contributed by atoms with Crippen LogP contribution in [0.5, 0.6) is 0 Å². The van der Waals surface area contributed by atoms with Crippen LogP contribution in [-0.2, 0) is 16.2 Å². The molecule has 43 heavy (non-hydrogen) atoms. The molecule has 0 heterocycles. The van der Waals surface area contributed by atoms with Gasteiger partial charge in [0.05, 0.1) is 0 Å². The first-order valence-electron chi connectivity index (χ1n) is 15.9. The number of hydrogen-bond donors (Lipinski definition) is 0. The van der Waals surface area contributed by atoms with Gasteiger partial charge in [0.15, 0.2) is 0 Å². The minimum absolute atomic E-state index is 0.0627. The van der Waals surface area contributed by atoms with E-state index >= 15 is 0 Å². The van der Waals surface area contributed by atoms with Crippen LogP contribution in [0, 0.1) is 6.92 Å². The third-order valence-electron chi connectivity index (χ3n) is 11.2. The van der Waals surface area contributed by atoms with Gasteiger partial charge in [-0.3, -0.25) is 0 Å². The molecule has 9 rings (SSSR count). The summed E-state index contributed by atoms with van der Waals surface area (Å²) in [6.45, 7) is 19.0. The standard InChI is InChI=1S/C43H38/c1-23-19-35-39(27-12-10-9-11-26(23)27)30-21-34-31(22-33(30)42(35,5)6)40-29-17-13-24-15-18-32(41(2,3)4)28-16-14-25(38(29)37(24)28)20-36(40)43(34,7)8/h9-22H,1-8H3. The van der Waals surface area contributed by atoms with E-state index in [9.17, 15) is 0 Å². The molecule has 0 N–H and O–H groups in total. The van der Waals surface area contributed by atoms with Crippen molar-refractivity contribution in [1.82, 2.24) is 0 Å². The predicted octanol–water partition coefficient (Wildman–Crippen LogP) is 12.0. The monoisotopic (exact) mass is 554 g/mol. The molecule has 0 saturated carbocycles. The SMILES string of the molecule is Cc1cc2c(c3ccccc13)-c1cc3c(cc1C2(C)C)-c1c(cc2ccc4c(C(C)(C)C)ccc5ccc1c2c54)C3(C)C. The van der Waals surface area contributed by atoms with Gasteiger partial charge in [0.1, 0.15) is 0 Å². The van der Waals surface area contributed by atoms with Crippen molar-refractivity contribution in [1.29, 1.82) is 0 Å². The predicted molar refractivity (Wildman–Crippen MR) is 186 cm³/mol. The van der Waals surface area contributed by atoms with Crippen LogP contribution in [0.2, 0.25) is 0 Å². The van der Waals surface area contributed by atoms with Crippen LogP contribution in [0.25, 0.3) is 65.3 Å². The van der Waals surface area contributed by atoms with Crippen molar-refractivity contribution in [2.45, 2.75) is 71.6 Å². The summed E-state index contributed by atoms with van der Waals surface area (Å²) in [5.74, 6) is 0. The average molecular weight is 555 g/mol. The smallest absolute Gasteiger partial charge is 0.0159 e. The first kappa shape index (κ1) is 25.3. The normalized spacial score (nSPS) is 16.3. The summed E-state index contributed by atoms with van der Waals surface area (Å²) < 4.78 is 0. The molecule has 0 heteroatoms. The summed E-state index contributed by atoms with van der Waals surface area (Å²) in [5.41, 5.74) is 14.3. The maximum Gasteiger partial charge on any atom is 0.0159 e. The van der Waals surface area contributed by atoms with E-state index in [2.05, 4.69) is 140 Å². The average Bonchev–Trinajstić information content (AvgIpc) is 3.33. The topological polar surface area (TPSA) is 0 Å². The maximum absolute atomic E-state index is 2.58. The molecule has 2 aliphatic carbocycles. The molecule has 7 aromatic carbocycles. The Morgan fingerprint density at radius 1 is 0.488 bits per heavy atom. The van der Waals surface area contributed by atoms with Crippen molar-refractivity contribution >= 4 is 43.1 Å². The minimum Gasteiger partial charge on any atom is -0.0616 e. The Balaban J connectivity index is 1.40. The van der Waals surface area contributed by atoms with Crippen LogP contribution < -0.4 is 0 Å². The van der Waals surface area contributed by atoms with E-state index in [1.807, 2.05) is 0 Å². The van der Waals surface area contributed by atoms with Gasteiger partial charge in [-0.1, -0.05) is 115 Å². The van der Waals surface area contributed by atoms with Crippen LogP contribution in [0.4, 0.5) is 0 Å². The minimum atomic E-state index is -0.0892. The Labute approximate surface area is 254 Å². The molecule has 0 spiro atoms. The first-order chi connectivity index (χ1) is 20.4. The number of hydrogen-bond acceptors (Lipinski definition) is 0. The molecule has 2 aliphatic rings. The van der Waals surface area contributed by atoms with E-state index in [0.29, 0.717) is 0 Å². The highest BCUT2D eigenvalue weighted by Gasteiger charge is 2.43. The van der Waals surface area contributed by atoms with Crippen LogP contribution >= 0.6 is 0 Å². The molecule has 0 fully saturated rings. The van der Waals surface area contributed by atoms with Crippen LogP contribution in [0.3, 0.4) is 0 Å². The number of aryl methyl sites for hydroxylation is 1. The van der Waals surface area contributed by atoms with E-state index in [1.165, 1.54) is 98.7 Å². The molecular weight excluding hydrogens is 516 g/mol. The van der Waals surface area contributed by atoms with Gasteiger partial charge in [-0.25, -0.2) is 0 Å². The molecule has 0 aromatic heterocycles. The lowest BCUT2D eigenvalue weighted by Crippen LogP contribution is -2.17. The lowest BCUT2D eigenvalue weighted by Gasteiger charge is -2.25. The molecule has 0 amide bonds. The molecule has 7 aromatic rings. The second kappa shape index (κ2) is 7.67. The highest BCUT2D eigenvalue weighted by molar-refractivity contribution is 6.27. The summed E-state index contributed by atoms with van der Waals surface area (Å²) in [6, 6.07) is 33.4. The number of benzene rings is 7. The van der Waals surface area contributed by atoms with Crippen molar-refractivity contribution < 1.29 is 0 Å². The Morgan fingerprint density at radius 3 is 1.70 bits per heavy atom. The van der Waals surface area contributed by atoms with Gasteiger partial charge in [-0.05, 0) is 129 Å². The third-order valence-corrected chi connectivity index (χ3v) is 11.2. The first-order valence-corrected chi connectivity index (χ1v) is 15.9. The van der Waals surface area contributed by atoms with E-state index in [4.69, 9.17) is 0 Å². The number of fused-ring (bicyclic) bond motifs is 9. The fraction of sp³-hybridized carbons (Fsp3) is 0.256. The maximum atomic E-state index is 2.58. The molecule has 0 radical (unpaired) electrons.